The highest BCUT2D eigenvalue weighted by Crippen LogP contribution is 2.30. The van der Waals surface area contributed by atoms with Crippen molar-refractivity contribution in [2.45, 2.75) is 4.90 Å². The molecule has 0 aliphatic rings. The minimum Gasteiger partial charge on any atom is -0.497 e. The van der Waals surface area contributed by atoms with E-state index < -0.39 is 21.5 Å². The van der Waals surface area contributed by atoms with Crippen LogP contribution >= 0.6 is 0 Å². The fourth-order valence-corrected chi connectivity index (χ4v) is 3.73. The molecule has 32 heavy (non-hydrogen) atoms. The zero-order valence-corrected chi connectivity index (χ0v) is 18.0. The number of methoxy groups -OCH3 is 1. The Morgan fingerprint density at radius 1 is 1.12 bits per heavy atom. The molecule has 0 radical (unpaired) electrons. The molecule has 166 valence electrons. The Bertz CT molecular complexity index is 1420. The molecule has 0 fully saturated rings. The van der Waals surface area contributed by atoms with Gasteiger partial charge in [0.2, 0.25) is 5.95 Å². The number of rotatable bonds is 6. The number of hydrogen-bond donors (Lipinski definition) is 2. The lowest BCUT2D eigenvalue weighted by Crippen LogP contribution is -2.13. The van der Waals surface area contributed by atoms with E-state index in [0.717, 1.165) is 18.4 Å². The van der Waals surface area contributed by atoms with Crippen molar-refractivity contribution >= 4 is 44.0 Å². The van der Waals surface area contributed by atoms with Crippen molar-refractivity contribution in [1.82, 2.24) is 20.2 Å². The van der Waals surface area contributed by atoms with Crippen LogP contribution in [0.25, 0.3) is 10.9 Å². The molecule has 0 atom stereocenters. The van der Waals surface area contributed by atoms with Gasteiger partial charge in [-0.05, 0) is 24.3 Å². The van der Waals surface area contributed by atoms with Gasteiger partial charge in [-0.2, -0.15) is 10.1 Å². The predicted molar refractivity (Wildman–Crippen MR) is 115 cm³/mol. The average molecular weight is 460 g/mol. The third-order valence-electron chi connectivity index (χ3n) is 4.69. The van der Waals surface area contributed by atoms with E-state index in [-0.39, 0.29) is 10.8 Å². The standard InChI is InChI=1S/C20H18F2N6O3S/c1-28(19-14-9-15(21)16(22)10-17(14)26-27-19)18-4-5-23-20(25-18)24-11-6-12(31-2)8-13(7-11)32(3,29)30/h4-10H,1-3H3,(H,26,27)(H,23,24,25). The van der Waals surface area contributed by atoms with Gasteiger partial charge in [0.05, 0.1) is 17.5 Å². The summed E-state index contributed by atoms with van der Waals surface area (Å²) in [4.78, 5) is 10.2. The summed E-state index contributed by atoms with van der Waals surface area (Å²) >= 11 is 0. The number of nitrogens with zero attached hydrogens (tertiary/aromatic N) is 4. The summed E-state index contributed by atoms with van der Waals surface area (Å²) in [6.07, 6.45) is 2.59. The van der Waals surface area contributed by atoms with Crippen molar-refractivity contribution in [3.8, 4) is 5.75 Å². The first kappa shape index (κ1) is 21.4. The maximum atomic E-state index is 13.7. The number of nitrogens with one attached hydrogen (secondary N) is 2. The second-order valence-corrected chi connectivity index (χ2v) is 8.97. The molecule has 2 heterocycles. The molecule has 4 aromatic rings. The highest BCUT2D eigenvalue weighted by molar-refractivity contribution is 7.90. The average Bonchev–Trinajstić information content (AvgIpc) is 3.15. The quantitative estimate of drug-likeness (QED) is 0.449. The number of benzene rings is 2. The second kappa shape index (κ2) is 8.04. The fraction of sp³-hybridized carbons (Fsp3) is 0.150. The molecule has 2 aromatic heterocycles. The molecular formula is C20H18F2N6O3S. The summed E-state index contributed by atoms with van der Waals surface area (Å²) < 4.78 is 56.3. The fourth-order valence-electron chi connectivity index (χ4n) is 3.06. The molecular weight excluding hydrogens is 442 g/mol. The van der Waals surface area contributed by atoms with Gasteiger partial charge >= 0.3 is 0 Å². The van der Waals surface area contributed by atoms with Crippen molar-refractivity contribution < 1.29 is 21.9 Å². The molecule has 0 unspecified atom stereocenters. The molecule has 12 heteroatoms. The number of halogens is 2. The van der Waals surface area contributed by atoms with Gasteiger partial charge in [0.1, 0.15) is 11.6 Å². The van der Waals surface area contributed by atoms with Crippen LogP contribution in [0.15, 0.2) is 47.5 Å². The van der Waals surface area contributed by atoms with E-state index in [4.69, 9.17) is 4.74 Å². The van der Waals surface area contributed by atoms with Gasteiger partial charge < -0.3 is 15.0 Å². The van der Waals surface area contributed by atoms with Gasteiger partial charge in [-0.1, -0.05) is 0 Å². The Kier molecular flexibility index (Phi) is 5.38. The number of H-pyrrole nitrogens is 1. The minimum atomic E-state index is -3.47. The Morgan fingerprint density at radius 2 is 1.88 bits per heavy atom. The molecule has 0 aliphatic carbocycles. The molecule has 0 saturated heterocycles. The first-order valence-corrected chi connectivity index (χ1v) is 11.1. The van der Waals surface area contributed by atoms with Crippen LogP contribution in [0, 0.1) is 11.6 Å². The zero-order chi connectivity index (χ0) is 23.0. The molecule has 0 spiro atoms. The SMILES string of the molecule is COc1cc(Nc2nccc(N(C)c3n[nH]c4cc(F)c(F)cc34)n2)cc(S(C)(=O)=O)c1. The highest BCUT2D eigenvalue weighted by Gasteiger charge is 2.17. The van der Waals surface area contributed by atoms with Gasteiger partial charge in [0.25, 0.3) is 0 Å². The van der Waals surface area contributed by atoms with Crippen molar-refractivity contribution in [3.63, 3.8) is 0 Å². The molecule has 4 rings (SSSR count). The third kappa shape index (κ3) is 4.17. The summed E-state index contributed by atoms with van der Waals surface area (Å²) in [7, 11) is -0.373. The summed E-state index contributed by atoms with van der Waals surface area (Å²) in [6, 6.07) is 8.16. The predicted octanol–water partition coefficient (Wildman–Crippen LogP) is 3.55. The molecule has 0 aliphatic heterocycles. The first-order chi connectivity index (χ1) is 15.2. The Morgan fingerprint density at radius 3 is 2.59 bits per heavy atom. The Balaban J connectivity index is 1.67. The molecule has 2 N–H and O–H groups in total. The van der Waals surface area contributed by atoms with Gasteiger partial charge in [-0.15, -0.1) is 0 Å². The Hall–Kier alpha value is -3.80. The normalized spacial score (nSPS) is 11.5. The number of ether oxygens (including phenoxy) is 1. The van der Waals surface area contributed by atoms with Crippen LogP contribution in [0.5, 0.6) is 5.75 Å². The largest absolute Gasteiger partial charge is 0.497 e. The van der Waals surface area contributed by atoms with E-state index in [1.54, 1.807) is 24.1 Å². The highest BCUT2D eigenvalue weighted by atomic mass is 32.2. The molecule has 0 amide bonds. The Labute approximate surface area is 182 Å². The van der Waals surface area contributed by atoms with Gasteiger partial charge in [0, 0.05) is 42.7 Å². The number of aromatic nitrogens is 4. The van der Waals surface area contributed by atoms with E-state index in [9.17, 15) is 17.2 Å². The maximum absolute atomic E-state index is 13.7. The van der Waals surface area contributed by atoms with E-state index in [2.05, 4.69) is 25.5 Å². The molecule has 9 nitrogen and oxygen atoms in total. The molecule has 2 aromatic carbocycles. The molecule has 0 bridgehead atoms. The summed E-state index contributed by atoms with van der Waals surface area (Å²) in [6.45, 7) is 0. The smallest absolute Gasteiger partial charge is 0.229 e. The van der Waals surface area contributed by atoms with E-state index in [0.29, 0.717) is 34.0 Å². The summed E-state index contributed by atoms with van der Waals surface area (Å²) in [5.74, 6) is -0.690. The number of anilines is 4. The van der Waals surface area contributed by atoms with Crippen molar-refractivity contribution in [2.24, 2.45) is 0 Å². The molecule has 0 saturated carbocycles. The van der Waals surface area contributed by atoms with Crippen LogP contribution in [0.3, 0.4) is 0 Å². The van der Waals surface area contributed by atoms with Crippen molar-refractivity contribution in [1.29, 1.82) is 0 Å². The van der Waals surface area contributed by atoms with Crippen molar-refractivity contribution in [3.05, 3.63) is 54.2 Å². The van der Waals surface area contributed by atoms with E-state index >= 15 is 0 Å². The van der Waals surface area contributed by atoms with Crippen molar-refractivity contribution in [2.75, 3.05) is 30.6 Å². The monoisotopic (exact) mass is 460 g/mol. The van der Waals surface area contributed by atoms with Crippen LogP contribution in [-0.4, -0.2) is 49.0 Å². The maximum Gasteiger partial charge on any atom is 0.229 e. The lowest BCUT2D eigenvalue weighted by atomic mass is 10.2. The second-order valence-electron chi connectivity index (χ2n) is 6.95. The topological polar surface area (TPSA) is 113 Å². The number of aromatic amines is 1. The van der Waals surface area contributed by atoms with Gasteiger partial charge in [0.15, 0.2) is 27.3 Å². The number of sulfone groups is 1. The zero-order valence-electron chi connectivity index (χ0n) is 17.2. The van der Waals surface area contributed by atoms with Crippen LogP contribution < -0.4 is 15.0 Å². The van der Waals surface area contributed by atoms with Gasteiger partial charge in [-0.3, -0.25) is 5.10 Å². The number of hydrogen-bond acceptors (Lipinski definition) is 8. The van der Waals surface area contributed by atoms with Crippen LogP contribution in [0.2, 0.25) is 0 Å². The van der Waals surface area contributed by atoms with E-state index in [1.807, 2.05) is 0 Å². The van der Waals surface area contributed by atoms with Crippen LogP contribution in [0.4, 0.5) is 32.1 Å². The van der Waals surface area contributed by atoms with Gasteiger partial charge in [-0.25, -0.2) is 22.2 Å². The minimum absolute atomic E-state index is 0.0740. The summed E-state index contributed by atoms with van der Waals surface area (Å²) in [5, 5.41) is 10.1. The lowest BCUT2D eigenvalue weighted by Gasteiger charge is -2.17. The van der Waals surface area contributed by atoms with Crippen LogP contribution in [0.1, 0.15) is 0 Å². The first-order valence-electron chi connectivity index (χ1n) is 9.22. The summed E-state index contributed by atoms with van der Waals surface area (Å²) in [5.41, 5.74) is 0.746. The number of fused-ring (bicyclic) bond motifs is 1. The van der Waals surface area contributed by atoms with E-state index in [1.165, 1.54) is 25.4 Å². The third-order valence-corrected chi connectivity index (χ3v) is 5.78. The lowest BCUT2D eigenvalue weighted by molar-refractivity contribution is 0.413. The van der Waals surface area contributed by atoms with Crippen LogP contribution in [-0.2, 0) is 9.84 Å².